The Morgan fingerprint density at radius 2 is 1.86 bits per heavy atom. The number of hydrogen-bond acceptors (Lipinski definition) is 4. The van der Waals surface area contributed by atoms with Crippen molar-refractivity contribution in [3.63, 3.8) is 0 Å². The number of morpholine rings is 1. The molecule has 1 amide bonds. The standard InChI is InChI=1S/C16H31N3O2/c1-11(2)15(19-8-12(3)21-13(4)9-19)16(20)18-6-5-14(7-17)10-18/h11-15H,5-10,17H2,1-4H3. The van der Waals surface area contributed by atoms with E-state index in [4.69, 9.17) is 10.5 Å². The molecule has 2 aliphatic rings. The molecule has 2 N–H and O–H groups in total. The number of ether oxygens (including phenoxy) is 1. The molecule has 2 rings (SSSR count). The molecular formula is C16H31N3O2. The molecule has 0 aromatic carbocycles. The lowest BCUT2D eigenvalue weighted by molar-refractivity contribution is -0.144. The number of carbonyl (C=O) groups excluding carboxylic acids is 1. The Bertz CT molecular complexity index is 351. The van der Waals surface area contributed by atoms with Gasteiger partial charge in [0, 0.05) is 26.2 Å². The first-order chi connectivity index (χ1) is 9.92. The van der Waals surface area contributed by atoms with E-state index in [1.807, 2.05) is 4.90 Å². The Balaban J connectivity index is 2.06. The van der Waals surface area contributed by atoms with Crippen LogP contribution in [0.2, 0.25) is 0 Å². The summed E-state index contributed by atoms with van der Waals surface area (Å²) in [6.07, 6.45) is 1.43. The zero-order valence-corrected chi connectivity index (χ0v) is 13.9. The van der Waals surface area contributed by atoms with E-state index >= 15 is 0 Å². The van der Waals surface area contributed by atoms with E-state index in [0.29, 0.717) is 18.4 Å². The van der Waals surface area contributed by atoms with E-state index in [1.165, 1.54) is 0 Å². The number of nitrogens with two attached hydrogens (primary N) is 1. The molecule has 5 heteroatoms. The van der Waals surface area contributed by atoms with Gasteiger partial charge in [0.1, 0.15) is 0 Å². The topological polar surface area (TPSA) is 58.8 Å². The molecule has 4 unspecified atom stereocenters. The maximum atomic E-state index is 13.0. The normalized spacial score (nSPS) is 32.7. The zero-order valence-electron chi connectivity index (χ0n) is 13.9. The fourth-order valence-electron chi connectivity index (χ4n) is 3.72. The summed E-state index contributed by atoms with van der Waals surface area (Å²) in [7, 11) is 0. The summed E-state index contributed by atoms with van der Waals surface area (Å²) in [5.41, 5.74) is 5.75. The molecule has 5 nitrogen and oxygen atoms in total. The van der Waals surface area contributed by atoms with Gasteiger partial charge >= 0.3 is 0 Å². The second-order valence-corrected chi connectivity index (χ2v) is 7.07. The largest absolute Gasteiger partial charge is 0.373 e. The van der Waals surface area contributed by atoms with Crippen LogP contribution in [0.1, 0.15) is 34.1 Å². The summed E-state index contributed by atoms with van der Waals surface area (Å²) in [4.78, 5) is 17.3. The summed E-state index contributed by atoms with van der Waals surface area (Å²) in [6, 6.07) is -0.0321. The molecule has 2 aliphatic heterocycles. The number of carbonyl (C=O) groups is 1. The Kier molecular flexibility index (Phi) is 5.63. The van der Waals surface area contributed by atoms with Gasteiger partial charge in [-0.15, -0.1) is 0 Å². The number of nitrogens with zero attached hydrogens (tertiary/aromatic N) is 2. The van der Waals surface area contributed by atoms with Crippen molar-refractivity contribution in [1.82, 2.24) is 9.80 Å². The lowest BCUT2D eigenvalue weighted by Crippen LogP contribution is -2.57. The SMILES string of the molecule is CC1CN(C(C(=O)N2CCC(CN)C2)C(C)C)CC(C)O1. The van der Waals surface area contributed by atoms with Gasteiger partial charge in [0.25, 0.3) is 0 Å². The van der Waals surface area contributed by atoms with Gasteiger partial charge in [-0.05, 0) is 38.6 Å². The van der Waals surface area contributed by atoms with E-state index in [0.717, 1.165) is 32.6 Å². The average molecular weight is 297 g/mol. The molecule has 21 heavy (non-hydrogen) atoms. The summed E-state index contributed by atoms with van der Waals surface area (Å²) >= 11 is 0. The first kappa shape index (κ1) is 16.7. The average Bonchev–Trinajstić information content (AvgIpc) is 2.85. The van der Waals surface area contributed by atoms with Crippen molar-refractivity contribution in [3.8, 4) is 0 Å². The quantitative estimate of drug-likeness (QED) is 0.838. The van der Waals surface area contributed by atoms with Crippen molar-refractivity contribution in [2.45, 2.75) is 52.4 Å². The van der Waals surface area contributed by atoms with Crippen molar-refractivity contribution in [2.75, 3.05) is 32.7 Å². The Morgan fingerprint density at radius 1 is 1.24 bits per heavy atom. The second-order valence-electron chi connectivity index (χ2n) is 7.07. The highest BCUT2D eigenvalue weighted by Gasteiger charge is 2.38. The van der Waals surface area contributed by atoms with Crippen molar-refractivity contribution < 1.29 is 9.53 Å². The van der Waals surface area contributed by atoms with Gasteiger partial charge in [0.15, 0.2) is 0 Å². The summed E-state index contributed by atoms with van der Waals surface area (Å²) in [6.45, 7) is 12.5. The van der Waals surface area contributed by atoms with Gasteiger partial charge in [-0.25, -0.2) is 0 Å². The zero-order chi connectivity index (χ0) is 15.6. The highest BCUT2D eigenvalue weighted by molar-refractivity contribution is 5.82. The first-order valence-electron chi connectivity index (χ1n) is 8.30. The van der Waals surface area contributed by atoms with Crippen LogP contribution in [0.4, 0.5) is 0 Å². The van der Waals surface area contributed by atoms with Gasteiger partial charge in [-0.1, -0.05) is 13.8 Å². The highest BCUT2D eigenvalue weighted by atomic mass is 16.5. The van der Waals surface area contributed by atoms with Crippen LogP contribution in [-0.2, 0) is 9.53 Å². The van der Waals surface area contributed by atoms with E-state index in [2.05, 4.69) is 32.6 Å². The summed E-state index contributed by atoms with van der Waals surface area (Å²) < 4.78 is 5.80. The molecule has 2 fully saturated rings. The van der Waals surface area contributed by atoms with E-state index in [-0.39, 0.29) is 24.2 Å². The van der Waals surface area contributed by atoms with Crippen molar-refractivity contribution in [2.24, 2.45) is 17.6 Å². The molecule has 122 valence electrons. The molecule has 0 saturated carbocycles. The van der Waals surface area contributed by atoms with Gasteiger partial charge in [0.2, 0.25) is 5.91 Å². The molecule has 2 saturated heterocycles. The van der Waals surface area contributed by atoms with E-state index in [9.17, 15) is 4.79 Å². The molecule has 0 spiro atoms. The van der Waals surface area contributed by atoms with Crippen molar-refractivity contribution in [3.05, 3.63) is 0 Å². The van der Waals surface area contributed by atoms with Crippen LogP contribution >= 0.6 is 0 Å². The Labute approximate surface area is 128 Å². The van der Waals surface area contributed by atoms with Gasteiger partial charge in [0.05, 0.1) is 18.2 Å². The fraction of sp³-hybridized carbons (Fsp3) is 0.938. The maximum Gasteiger partial charge on any atom is 0.240 e. The van der Waals surface area contributed by atoms with E-state index < -0.39 is 0 Å². The molecule has 2 heterocycles. The first-order valence-corrected chi connectivity index (χ1v) is 8.30. The predicted molar refractivity (Wildman–Crippen MR) is 83.9 cm³/mol. The minimum Gasteiger partial charge on any atom is -0.373 e. The molecule has 0 aromatic rings. The van der Waals surface area contributed by atoms with Gasteiger partial charge in [-0.2, -0.15) is 0 Å². The van der Waals surface area contributed by atoms with Crippen molar-refractivity contribution in [1.29, 1.82) is 0 Å². The smallest absolute Gasteiger partial charge is 0.240 e. The summed E-state index contributed by atoms with van der Waals surface area (Å²) in [5, 5.41) is 0. The van der Waals surface area contributed by atoms with Crippen LogP contribution in [0.25, 0.3) is 0 Å². The number of likely N-dealkylation sites (tertiary alicyclic amines) is 1. The summed E-state index contributed by atoms with van der Waals surface area (Å²) in [5.74, 6) is 1.07. The monoisotopic (exact) mass is 297 g/mol. The van der Waals surface area contributed by atoms with Crippen LogP contribution < -0.4 is 5.73 Å². The number of hydrogen-bond donors (Lipinski definition) is 1. The highest BCUT2D eigenvalue weighted by Crippen LogP contribution is 2.23. The molecule has 4 atom stereocenters. The Hall–Kier alpha value is -0.650. The van der Waals surface area contributed by atoms with Gasteiger partial charge < -0.3 is 15.4 Å². The Morgan fingerprint density at radius 3 is 2.33 bits per heavy atom. The fourth-order valence-corrected chi connectivity index (χ4v) is 3.72. The molecule has 0 aromatic heterocycles. The van der Waals surface area contributed by atoms with Crippen LogP contribution in [0.15, 0.2) is 0 Å². The van der Waals surface area contributed by atoms with E-state index in [1.54, 1.807) is 0 Å². The van der Waals surface area contributed by atoms with Gasteiger partial charge in [-0.3, -0.25) is 9.69 Å². The minimum atomic E-state index is -0.0321. The van der Waals surface area contributed by atoms with Crippen LogP contribution in [0, 0.1) is 11.8 Å². The van der Waals surface area contributed by atoms with Crippen LogP contribution in [0.3, 0.4) is 0 Å². The van der Waals surface area contributed by atoms with Crippen LogP contribution in [0.5, 0.6) is 0 Å². The third-order valence-corrected chi connectivity index (χ3v) is 4.66. The third-order valence-electron chi connectivity index (χ3n) is 4.66. The minimum absolute atomic E-state index is 0.0321. The van der Waals surface area contributed by atoms with Crippen LogP contribution in [-0.4, -0.2) is 66.7 Å². The molecule has 0 radical (unpaired) electrons. The third kappa shape index (κ3) is 3.96. The number of rotatable bonds is 4. The lowest BCUT2D eigenvalue weighted by Gasteiger charge is -2.42. The molecule has 0 aliphatic carbocycles. The van der Waals surface area contributed by atoms with Crippen molar-refractivity contribution >= 4 is 5.91 Å². The molecular weight excluding hydrogens is 266 g/mol. The lowest BCUT2D eigenvalue weighted by atomic mass is 9.99. The molecule has 0 bridgehead atoms. The second kappa shape index (κ2) is 7.07. The number of amides is 1. The maximum absolute atomic E-state index is 13.0. The predicted octanol–water partition coefficient (Wildman–Crippen LogP) is 0.927.